The highest BCUT2D eigenvalue weighted by Gasteiger charge is 1.86. The fraction of sp³-hybridized carbons (Fsp3) is 0.167. The lowest BCUT2D eigenvalue weighted by atomic mass is 10.4. The topological polar surface area (TPSA) is 17.1 Å². The van der Waals surface area contributed by atoms with Crippen molar-refractivity contribution < 1.29 is 4.79 Å². The molecule has 0 bridgehead atoms. The second-order valence-electron chi connectivity index (χ2n) is 1.19. The molecule has 2 heteroatoms. The molecular formula is C6H7ClO. The van der Waals surface area contributed by atoms with Crippen LogP contribution in [-0.4, -0.2) is 11.7 Å². The Morgan fingerprint density at radius 3 is 2.75 bits per heavy atom. The smallest absolute Gasteiger partial charge is 0.170 e. The van der Waals surface area contributed by atoms with Gasteiger partial charge in [0.25, 0.3) is 0 Å². The minimum atomic E-state index is -0.0911. The maximum absolute atomic E-state index is 10.3. The molecule has 1 nitrogen and oxygen atoms in total. The molecule has 0 aliphatic heterocycles. The van der Waals surface area contributed by atoms with Gasteiger partial charge in [0, 0.05) is 0 Å². The predicted molar refractivity (Wildman–Crippen MR) is 35.1 cm³/mol. The van der Waals surface area contributed by atoms with Crippen molar-refractivity contribution in [2.24, 2.45) is 0 Å². The number of allylic oxidation sites excluding steroid dienone is 3. The zero-order valence-corrected chi connectivity index (χ0v) is 5.19. The Morgan fingerprint density at radius 1 is 1.75 bits per heavy atom. The third-order valence-corrected chi connectivity index (χ3v) is 0.813. The maximum atomic E-state index is 10.3. The zero-order chi connectivity index (χ0) is 6.41. The maximum Gasteiger partial charge on any atom is 0.170 e. The van der Waals surface area contributed by atoms with Crippen LogP contribution in [0.2, 0.25) is 0 Å². The summed E-state index contributed by atoms with van der Waals surface area (Å²) < 4.78 is 0. The van der Waals surface area contributed by atoms with Crippen molar-refractivity contribution >= 4 is 17.4 Å². The Hall–Kier alpha value is -0.560. The molecule has 0 aliphatic carbocycles. The first-order valence-electron chi connectivity index (χ1n) is 2.19. The minimum Gasteiger partial charge on any atom is -0.294 e. The van der Waals surface area contributed by atoms with Crippen molar-refractivity contribution in [2.75, 3.05) is 5.88 Å². The van der Waals surface area contributed by atoms with E-state index in [1.807, 2.05) is 0 Å². The average Bonchev–Trinajstić information content (AvgIpc) is 1.83. The van der Waals surface area contributed by atoms with Gasteiger partial charge in [0.05, 0.1) is 5.88 Å². The Morgan fingerprint density at radius 2 is 2.38 bits per heavy atom. The lowest BCUT2D eigenvalue weighted by Crippen LogP contribution is -1.90. The van der Waals surface area contributed by atoms with E-state index in [0.29, 0.717) is 0 Å². The molecule has 0 heterocycles. The Kier molecular flexibility index (Phi) is 4.27. The SMILES string of the molecule is C=CC=CC(=O)CCl. The number of ketones is 1. The van der Waals surface area contributed by atoms with Crippen LogP contribution in [0.15, 0.2) is 24.8 Å². The quantitative estimate of drug-likeness (QED) is 0.322. The van der Waals surface area contributed by atoms with E-state index in [9.17, 15) is 4.79 Å². The summed E-state index contributed by atoms with van der Waals surface area (Å²) in [6.45, 7) is 3.38. The van der Waals surface area contributed by atoms with Crippen LogP contribution in [0, 0.1) is 0 Å². The van der Waals surface area contributed by atoms with E-state index in [2.05, 4.69) is 6.58 Å². The molecule has 0 fully saturated rings. The summed E-state index contributed by atoms with van der Waals surface area (Å²) in [6.07, 6.45) is 4.48. The summed E-state index contributed by atoms with van der Waals surface area (Å²) in [4.78, 5) is 10.3. The minimum absolute atomic E-state index is 0.0460. The van der Waals surface area contributed by atoms with Gasteiger partial charge in [0.2, 0.25) is 0 Å². The zero-order valence-electron chi connectivity index (χ0n) is 4.43. The van der Waals surface area contributed by atoms with Crippen LogP contribution in [0.5, 0.6) is 0 Å². The van der Waals surface area contributed by atoms with E-state index in [0.717, 1.165) is 0 Å². The molecule has 0 rings (SSSR count). The van der Waals surface area contributed by atoms with Gasteiger partial charge in [-0.1, -0.05) is 18.7 Å². The highest BCUT2D eigenvalue weighted by Crippen LogP contribution is 1.80. The van der Waals surface area contributed by atoms with Crippen molar-refractivity contribution in [3.8, 4) is 0 Å². The van der Waals surface area contributed by atoms with Crippen molar-refractivity contribution in [2.45, 2.75) is 0 Å². The third-order valence-electron chi connectivity index (χ3n) is 0.550. The largest absolute Gasteiger partial charge is 0.294 e. The van der Waals surface area contributed by atoms with Crippen molar-refractivity contribution in [3.05, 3.63) is 24.8 Å². The monoisotopic (exact) mass is 130 g/mol. The Labute approximate surface area is 53.6 Å². The summed E-state index contributed by atoms with van der Waals surface area (Å²) in [6, 6.07) is 0. The van der Waals surface area contributed by atoms with Gasteiger partial charge in [0.1, 0.15) is 0 Å². The van der Waals surface area contributed by atoms with Gasteiger partial charge in [0.15, 0.2) is 5.78 Å². The van der Waals surface area contributed by atoms with Crippen LogP contribution in [-0.2, 0) is 4.79 Å². The molecule has 0 aliphatic rings. The van der Waals surface area contributed by atoms with Crippen LogP contribution >= 0.6 is 11.6 Å². The number of hydrogen-bond donors (Lipinski definition) is 0. The van der Waals surface area contributed by atoms with Gasteiger partial charge in [-0.05, 0) is 6.08 Å². The van der Waals surface area contributed by atoms with E-state index < -0.39 is 0 Å². The van der Waals surface area contributed by atoms with E-state index in [1.165, 1.54) is 12.2 Å². The number of alkyl halides is 1. The van der Waals surface area contributed by atoms with E-state index in [4.69, 9.17) is 11.6 Å². The van der Waals surface area contributed by atoms with Crippen molar-refractivity contribution in [3.63, 3.8) is 0 Å². The summed E-state index contributed by atoms with van der Waals surface area (Å²) in [7, 11) is 0. The lowest BCUT2D eigenvalue weighted by Gasteiger charge is -1.77. The van der Waals surface area contributed by atoms with Gasteiger partial charge < -0.3 is 0 Å². The number of rotatable bonds is 3. The molecule has 0 aromatic rings. The fourth-order valence-corrected chi connectivity index (χ4v) is 0.309. The average molecular weight is 131 g/mol. The second-order valence-corrected chi connectivity index (χ2v) is 1.46. The molecule has 0 amide bonds. The van der Waals surface area contributed by atoms with Crippen LogP contribution in [0.3, 0.4) is 0 Å². The van der Waals surface area contributed by atoms with Crippen LogP contribution in [0.4, 0.5) is 0 Å². The second kappa shape index (κ2) is 4.60. The Balaban J connectivity index is 3.52. The number of hydrogen-bond acceptors (Lipinski definition) is 1. The van der Waals surface area contributed by atoms with Gasteiger partial charge in [-0.3, -0.25) is 4.79 Å². The predicted octanol–water partition coefficient (Wildman–Crippen LogP) is 1.54. The molecule has 0 spiro atoms. The lowest BCUT2D eigenvalue weighted by molar-refractivity contribution is -0.112. The van der Waals surface area contributed by atoms with E-state index in [-0.39, 0.29) is 11.7 Å². The van der Waals surface area contributed by atoms with Crippen LogP contribution < -0.4 is 0 Å². The first-order chi connectivity index (χ1) is 3.81. The van der Waals surface area contributed by atoms with Gasteiger partial charge >= 0.3 is 0 Å². The molecule has 0 atom stereocenters. The van der Waals surface area contributed by atoms with Gasteiger partial charge in [-0.25, -0.2) is 0 Å². The molecule has 0 aromatic heterocycles. The normalized spacial score (nSPS) is 9.62. The third kappa shape index (κ3) is 3.62. The molecular weight excluding hydrogens is 124 g/mol. The Bertz CT molecular complexity index is 116. The standard InChI is InChI=1S/C6H7ClO/c1-2-3-4-6(8)5-7/h2-4H,1,5H2. The molecule has 0 aromatic carbocycles. The molecule has 0 saturated heterocycles. The summed E-state index contributed by atoms with van der Waals surface area (Å²) in [5.74, 6) is -0.0452. The first-order valence-corrected chi connectivity index (χ1v) is 2.72. The molecule has 0 radical (unpaired) electrons. The first kappa shape index (κ1) is 7.44. The molecule has 8 heavy (non-hydrogen) atoms. The molecule has 0 saturated carbocycles. The number of carbonyl (C=O) groups is 1. The van der Waals surface area contributed by atoms with Gasteiger partial charge in [-0.2, -0.15) is 0 Å². The van der Waals surface area contributed by atoms with Crippen molar-refractivity contribution in [1.29, 1.82) is 0 Å². The summed E-state index contributed by atoms with van der Waals surface area (Å²) in [5.41, 5.74) is 0. The summed E-state index contributed by atoms with van der Waals surface area (Å²) >= 11 is 5.15. The molecule has 0 unspecified atom stereocenters. The fourth-order valence-electron chi connectivity index (χ4n) is 0.220. The highest BCUT2D eigenvalue weighted by atomic mass is 35.5. The molecule has 0 N–H and O–H groups in total. The number of carbonyl (C=O) groups excluding carboxylic acids is 1. The van der Waals surface area contributed by atoms with Gasteiger partial charge in [-0.15, -0.1) is 11.6 Å². The van der Waals surface area contributed by atoms with Crippen LogP contribution in [0.1, 0.15) is 0 Å². The van der Waals surface area contributed by atoms with E-state index >= 15 is 0 Å². The highest BCUT2D eigenvalue weighted by molar-refractivity contribution is 6.29. The summed E-state index contributed by atoms with van der Waals surface area (Å²) in [5, 5.41) is 0. The van der Waals surface area contributed by atoms with Crippen molar-refractivity contribution in [1.82, 2.24) is 0 Å². The molecule has 44 valence electrons. The number of halogens is 1. The van der Waals surface area contributed by atoms with E-state index in [1.54, 1.807) is 6.08 Å². The van der Waals surface area contributed by atoms with Crippen LogP contribution in [0.25, 0.3) is 0 Å².